The van der Waals surface area contributed by atoms with Gasteiger partial charge in [-0.15, -0.1) is 10.2 Å². The minimum Gasteiger partial charge on any atom is -0.497 e. The lowest BCUT2D eigenvalue weighted by Crippen LogP contribution is -2.28. The Bertz CT molecular complexity index is 1130. The maximum Gasteiger partial charge on any atom is 0.251 e. The van der Waals surface area contributed by atoms with Gasteiger partial charge in [-0.3, -0.25) is 9.59 Å². The summed E-state index contributed by atoms with van der Waals surface area (Å²) in [7, 11) is 1.58. The molecule has 0 aliphatic heterocycles. The molecule has 3 rings (SSSR count). The summed E-state index contributed by atoms with van der Waals surface area (Å²) in [5, 5.41) is 15.1. The molecule has 33 heavy (non-hydrogen) atoms. The van der Waals surface area contributed by atoms with Gasteiger partial charge in [0.25, 0.3) is 5.91 Å². The third-order valence-corrected chi connectivity index (χ3v) is 6.33. The van der Waals surface area contributed by atoms with Crippen LogP contribution in [0.2, 0.25) is 0 Å². The van der Waals surface area contributed by atoms with Crippen LogP contribution in [-0.4, -0.2) is 39.4 Å². The number of thioether (sulfide) groups is 1. The molecule has 0 radical (unpaired) electrons. The molecule has 0 saturated heterocycles. The molecular weight excluding hydrogens is 438 g/mol. The van der Waals surface area contributed by atoms with E-state index in [-0.39, 0.29) is 23.6 Å². The smallest absolute Gasteiger partial charge is 0.251 e. The number of methoxy groups -OCH3 is 1. The molecule has 0 saturated carbocycles. The van der Waals surface area contributed by atoms with Crippen LogP contribution in [0.5, 0.6) is 5.75 Å². The fraction of sp³-hybridized carbons (Fsp3) is 0.333. The zero-order valence-corrected chi connectivity index (χ0v) is 20.3. The molecule has 0 bridgehead atoms. The second-order valence-electron chi connectivity index (χ2n) is 7.59. The SMILES string of the molecule is CCn1c(SCC(=O)Nc2cccc(C)c2C)nnc1[C@H](C)NC(=O)c1ccc(OC)cc1. The zero-order chi connectivity index (χ0) is 24.0. The topological polar surface area (TPSA) is 98.1 Å². The molecule has 8 nitrogen and oxygen atoms in total. The monoisotopic (exact) mass is 467 g/mol. The molecule has 0 aliphatic carbocycles. The first kappa shape index (κ1) is 24.3. The van der Waals surface area contributed by atoms with Gasteiger partial charge >= 0.3 is 0 Å². The van der Waals surface area contributed by atoms with Gasteiger partial charge in [0.1, 0.15) is 5.75 Å². The maximum absolute atomic E-state index is 12.6. The number of hydrogen-bond acceptors (Lipinski definition) is 6. The Morgan fingerprint density at radius 2 is 1.85 bits per heavy atom. The fourth-order valence-electron chi connectivity index (χ4n) is 3.31. The Balaban J connectivity index is 1.63. The molecule has 3 aromatic rings. The van der Waals surface area contributed by atoms with Crippen LogP contribution in [0, 0.1) is 13.8 Å². The number of hydrogen-bond donors (Lipinski definition) is 2. The number of rotatable bonds is 9. The Labute approximate surface area is 198 Å². The number of carbonyl (C=O) groups is 2. The molecule has 0 spiro atoms. The number of benzene rings is 2. The molecule has 0 aliphatic rings. The van der Waals surface area contributed by atoms with Gasteiger partial charge in [-0.2, -0.15) is 0 Å². The van der Waals surface area contributed by atoms with Crippen LogP contribution in [0.15, 0.2) is 47.6 Å². The van der Waals surface area contributed by atoms with E-state index in [1.54, 1.807) is 31.4 Å². The molecule has 174 valence electrons. The Morgan fingerprint density at radius 1 is 1.12 bits per heavy atom. The highest BCUT2D eigenvalue weighted by atomic mass is 32.2. The predicted octanol–water partition coefficient (Wildman–Crippen LogP) is 4.15. The van der Waals surface area contributed by atoms with Crippen molar-refractivity contribution in [1.29, 1.82) is 0 Å². The Morgan fingerprint density at radius 3 is 2.52 bits per heavy atom. The molecule has 0 unspecified atom stereocenters. The molecule has 1 aromatic heterocycles. The third kappa shape index (κ3) is 5.92. The van der Waals surface area contributed by atoms with Gasteiger partial charge in [0.15, 0.2) is 11.0 Å². The van der Waals surface area contributed by atoms with Gasteiger partial charge in [-0.1, -0.05) is 23.9 Å². The number of amides is 2. The normalized spacial score (nSPS) is 11.7. The quantitative estimate of drug-likeness (QED) is 0.459. The van der Waals surface area contributed by atoms with Crippen molar-refractivity contribution >= 4 is 29.3 Å². The Kier molecular flexibility index (Phi) is 8.11. The fourth-order valence-corrected chi connectivity index (χ4v) is 4.12. The second kappa shape index (κ2) is 11.0. The van der Waals surface area contributed by atoms with Crippen molar-refractivity contribution in [3.8, 4) is 5.75 Å². The minimum atomic E-state index is -0.356. The number of aryl methyl sites for hydroxylation is 1. The van der Waals surface area contributed by atoms with E-state index in [4.69, 9.17) is 4.74 Å². The maximum atomic E-state index is 12.6. The van der Waals surface area contributed by atoms with Crippen molar-refractivity contribution in [2.75, 3.05) is 18.2 Å². The summed E-state index contributed by atoms with van der Waals surface area (Å²) in [6.07, 6.45) is 0. The summed E-state index contributed by atoms with van der Waals surface area (Å²) in [5.74, 6) is 1.21. The molecular formula is C24H29N5O3S. The van der Waals surface area contributed by atoms with E-state index in [9.17, 15) is 9.59 Å². The highest BCUT2D eigenvalue weighted by Crippen LogP contribution is 2.23. The van der Waals surface area contributed by atoms with Crippen LogP contribution < -0.4 is 15.4 Å². The number of ether oxygens (including phenoxy) is 1. The zero-order valence-electron chi connectivity index (χ0n) is 19.5. The van der Waals surface area contributed by atoms with E-state index in [0.29, 0.717) is 28.8 Å². The number of nitrogens with zero attached hydrogens (tertiary/aromatic N) is 3. The highest BCUT2D eigenvalue weighted by molar-refractivity contribution is 7.99. The molecule has 2 N–H and O–H groups in total. The van der Waals surface area contributed by atoms with Crippen molar-refractivity contribution in [3.63, 3.8) is 0 Å². The lowest BCUT2D eigenvalue weighted by Gasteiger charge is -2.15. The van der Waals surface area contributed by atoms with Crippen LogP contribution >= 0.6 is 11.8 Å². The van der Waals surface area contributed by atoms with Gasteiger partial charge in [0.05, 0.1) is 18.9 Å². The van der Waals surface area contributed by atoms with E-state index in [0.717, 1.165) is 16.8 Å². The predicted molar refractivity (Wildman–Crippen MR) is 130 cm³/mol. The first-order valence-corrected chi connectivity index (χ1v) is 11.7. The van der Waals surface area contributed by atoms with Crippen LogP contribution in [0.3, 0.4) is 0 Å². The van der Waals surface area contributed by atoms with Gasteiger partial charge < -0.3 is 19.9 Å². The molecule has 2 amide bonds. The van der Waals surface area contributed by atoms with Crippen molar-refractivity contribution in [2.24, 2.45) is 0 Å². The number of anilines is 1. The van der Waals surface area contributed by atoms with E-state index in [1.165, 1.54) is 11.8 Å². The van der Waals surface area contributed by atoms with E-state index < -0.39 is 0 Å². The van der Waals surface area contributed by atoms with Gasteiger partial charge in [-0.05, 0) is 69.2 Å². The van der Waals surface area contributed by atoms with Crippen LogP contribution in [0.25, 0.3) is 0 Å². The molecule has 1 atom stereocenters. The van der Waals surface area contributed by atoms with Crippen molar-refractivity contribution in [1.82, 2.24) is 20.1 Å². The van der Waals surface area contributed by atoms with E-state index in [1.807, 2.05) is 50.5 Å². The van der Waals surface area contributed by atoms with Crippen molar-refractivity contribution in [3.05, 3.63) is 65.0 Å². The first-order valence-electron chi connectivity index (χ1n) is 10.7. The van der Waals surface area contributed by atoms with Crippen LogP contribution in [0.1, 0.15) is 47.2 Å². The second-order valence-corrected chi connectivity index (χ2v) is 8.54. The van der Waals surface area contributed by atoms with Crippen LogP contribution in [-0.2, 0) is 11.3 Å². The number of carbonyl (C=O) groups excluding carboxylic acids is 2. The van der Waals surface area contributed by atoms with E-state index in [2.05, 4.69) is 20.8 Å². The van der Waals surface area contributed by atoms with Crippen LogP contribution in [0.4, 0.5) is 5.69 Å². The molecule has 0 fully saturated rings. The standard InChI is InChI=1S/C24H29N5O3S/c1-6-29-22(17(4)25-23(31)18-10-12-19(32-5)13-11-18)27-28-24(29)33-14-21(30)26-20-9-7-8-15(2)16(20)3/h7-13,17H,6,14H2,1-5H3,(H,25,31)(H,26,30)/t17-/m0/s1. The Hall–Kier alpha value is -3.33. The van der Waals surface area contributed by atoms with Crippen molar-refractivity contribution in [2.45, 2.75) is 45.4 Å². The summed E-state index contributed by atoms with van der Waals surface area (Å²) < 4.78 is 7.04. The molecule has 9 heteroatoms. The van der Waals surface area contributed by atoms with Gasteiger partial charge in [0, 0.05) is 17.8 Å². The largest absolute Gasteiger partial charge is 0.497 e. The first-order chi connectivity index (χ1) is 15.8. The van der Waals surface area contributed by atoms with E-state index >= 15 is 0 Å². The summed E-state index contributed by atoms with van der Waals surface area (Å²) >= 11 is 1.32. The summed E-state index contributed by atoms with van der Waals surface area (Å²) in [4.78, 5) is 25.1. The molecule has 1 heterocycles. The van der Waals surface area contributed by atoms with Crippen molar-refractivity contribution < 1.29 is 14.3 Å². The van der Waals surface area contributed by atoms with Gasteiger partial charge in [-0.25, -0.2) is 0 Å². The summed E-state index contributed by atoms with van der Waals surface area (Å²) in [6.45, 7) is 8.45. The average molecular weight is 468 g/mol. The molecule has 2 aromatic carbocycles. The summed E-state index contributed by atoms with van der Waals surface area (Å²) in [5.41, 5.74) is 3.52. The average Bonchev–Trinajstić information content (AvgIpc) is 3.24. The third-order valence-electron chi connectivity index (χ3n) is 5.36. The van der Waals surface area contributed by atoms with Gasteiger partial charge in [0.2, 0.25) is 5.91 Å². The summed E-state index contributed by atoms with van der Waals surface area (Å²) in [6, 6.07) is 12.4. The number of nitrogens with one attached hydrogen (secondary N) is 2. The lowest BCUT2D eigenvalue weighted by atomic mass is 10.1. The highest BCUT2D eigenvalue weighted by Gasteiger charge is 2.20. The lowest BCUT2D eigenvalue weighted by molar-refractivity contribution is -0.113. The number of aromatic nitrogens is 3. The minimum absolute atomic E-state index is 0.109.